The van der Waals surface area contributed by atoms with Crippen molar-refractivity contribution in [3.63, 3.8) is 0 Å². The molecule has 5 nitrogen and oxygen atoms in total. The van der Waals surface area contributed by atoms with E-state index in [1.54, 1.807) is 20.8 Å². The predicted molar refractivity (Wildman–Crippen MR) is 102 cm³/mol. The van der Waals surface area contributed by atoms with Gasteiger partial charge >= 0.3 is 11.9 Å². The normalized spacial score (nSPS) is 13.0. The second kappa shape index (κ2) is 11.9. The first-order chi connectivity index (χ1) is 12.0. The van der Waals surface area contributed by atoms with Crippen LogP contribution in [0.5, 0.6) is 0 Å². The second-order valence-electron chi connectivity index (χ2n) is 9.03. The van der Waals surface area contributed by atoms with Crippen molar-refractivity contribution in [1.82, 2.24) is 0 Å². The van der Waals surface area contributed by atoms with E-state index in [4.69, 9.17) is 14.7 Å². The van der Waals surface area contributed by atoms with Gasteiger partial charge < -0.3 is 9.47 Å². The molecule has 0 aromatic rings. The molecule has 0 aliphatic carbocycles. The topological polar surface area (TPSA) is 76.4 Å². The van der Waals surface area contributed by atoms with Crippen LogP contribution in [0.25, 0.3) is 0 Å². The fourth-order valence-corrected chi connectivity index (χ4v) is 2.47. The van der Waals surface area contributed by atoms with Gasteiger partial charge in [-0.1, -0.05) is 46.5 Å². The summed E-state index contributed by atoms with van der Waals surface area (Å²) in [7, 11) is 0. The maximum atomic E-state index is 12.2. The van der Waals surface area contributed by atoms with Crippen LogP contribution in [0.3, 0.4) is 0 Å². The zero-order chi connectivity index (χ0) is 20.2. The third-order valence-electron chi connectivity index (χ3n) is 3.84. The first-order valence-corrected chi connectivity index (χ1v) is 9.73. The van der Waals surface area contributed by atoms with Crippen molar-refractivity contribution in [1.29, 1.82) is 5.26 Å². The molecular formula is C21H37NO4. The molecule has 0 spiro atoms. The van der Waals surface area contributed by atoms with E-state index in [9.17, 15) is 9.59 Å². The minimum absolute atomic E-state index is 0.118. The van der Waals surface area contributed by atoms with Crippen molar-refractivity contribution in [3.8, 4) is 6.07 Å². The van der Waals surface area contributed by atoms with Gasteiger partial charge in [-0.2, -0.15) is 5.26 Å². The second-order valence-corrected chi connectivity index (χ2v) is 9.03. The molecule has 0 fully saturated rings. The largest absolute Gasteiger partial charge is 0.465 e. The number of ether oxygens (including phenoxy) is 2. The average molecular weight is 368 g/mol. The number of esters is 2. The van der Waals surface area contributed by atoms with Crippen LogP contribution < -0.4 is 0 Å². The van der Waals surface area contributed by atoms with E-state index < -0.39 is 23.5 Å². The summed E-state index contributed by atoms with van der Waals surface area (Å²) in [5.41, 5.74) is -0.287. The molecule has 150 valence electrons. The SMILES string of the molecule is CC(C)(C)CCCCCCCOC(=O)C(CCC#N)C(=O)OC(C)(C)C. The quantitative estimate of drug-likeness (QED) is 0.286. The van der Waals surface area contributed by atoms with Gasteiger partial charge in [-0.3, -0.25) is 9.59 Å². The Bertz CT molecular complexity index is 466. The Balaban J connectivity index is 4.14. The fraction of sp³-hybridized carbons (Fsp3) is 0.857. The van der Waals surface area contributed by atoms with Gasteiger partial charge in [0.2, 0.25) is 0 Å². The van der Waals surface area contributed by atoms with Crippen LogP contribution in [-0.4, -0.2) is 24.1 Å². The maximum Gasteiger partial charge on any atom is 0.320 e. The summed E-state index contributed by atoms with van der Waals surface area (Å²) < 4.78 is 10.5. The maximum absolute atomic E-state index is 12.2. The Morgan fingerprint density at radius 2 is 1.50 bits per heavy atom. The molecule has 0 saturated carbocycles. The van der Waals surface area contributed by atoms with Crippen LogP contribution in [0.4, 0.5) is 0 Å². The lowest BCUT2D eigenvalue weighted by molar-refractivity contribution is -0.169. The molecular weight excluding hydrogens is 330 g/mol. The van der Waals surface area contributed by atoms with Crippen molar-refractivity contribution in [2.24, 2.45) is 11.3 Å². The van der Waals surface area contributed by atoms with E-state index >= 15 is 0 Å². The molecule has 0 N–H and O–H groups in total. The van der Waals surface area contributed by atoms with Crippen LogP contribution in [-0.2, 0) is 19.1 Å². The third-order valence-corrected chi connectivity index (χ3v) is 3.84. The van der Waals surface area contributed by atoms with Gasteiger partial charge in [0.25, 0.3) is 0 Å². The minimum atomic E-state index is -1.01. The van der Waals surface area contributed by atoms with Crippen LogP contribution in [0.15, 0.2) is 0 Å². The summed E-state index contributed by atoms with van der Waals surface area (Å²) >= 11 is 0. The number of hydrogen-bond donors (Lipinski definition) is 0. The zero-order valence-corrected chi connectivity index (χ0v) is 17.5. The highest BCUT2D eigenvalue weighted by Crippen LogP contribution is 2.22. The van der Waals surface area contributed by atoms with E-state index in [1.165, 1.54) is 19.3 Å². The molecule has 0 heterocycles. The van der Waals surface area contributed by atoms with Crippen LogP contribution in [0.2, 0.25) is 0 Å². The highest BCUT2D eigenvalue weighted by molar-refractivity contribution is 5.95. The Morgan fingerprint density at radius 1 is 0.923 bits per heavy atom. The Kier molecular flexibility index (Phi) is 11.2. The highest BCUT2D eigenvalue weighted by atomic mass is 16.6. The zero-order valence-electron chi connectivity index (χ0n) is 17.5. The standard InChI is InChI=1S/C21H37NO4/c1-20(2,3)14-10-8-7-9-11-16-25-18(23)17(13-12-15-22)19(24)26-21(4,5)6/h17H,7-14,16H2,1-6H3. The first-order valence-electron chi connectivity index (χ1n) is 9.73. The monoisotopic (exact) mass is 367 g/mol. The van der Waals surface area contributed by atoms with Gasteiger partial charge in [0.15, 0.2) is 5.92 Å². The Morgan fingerprint density at radius 3 is 2.04 bits per heavy atom. The summed E-state index contributed by atoms with van der Waals surface area (Å²) in [4.78, 5) is 24.4. The van der Waals surface area contributed by atoms with Crippen molar-refractivity contribution in [2.75, 3.05) is 6.61 Å². The third kappa shape index (κ3) is 13.7. The molecule has 0 amide bonds. The van der Waals surface area contributed by atoms with Crippen LogP contribution >= 0.6 is 0 Å². The smallest absolute Gasteiger partial charge is 0.320 e. The number of nitriles is 1. The summed E-state index contributed by atoms with van der Waals surface area (Å²) in [6.45, 7) is 12.3. The molecule has 26 heavy (non-hydrogen) atoms. The number of unbranched alkanes of at least 4 members (excludes halogenated alkanes) is 4. The Hall–Kier alpha value is -1.57. The molecule has 0 aromatic heterocycles. The number of nitrogens with zero attached hydrogens (tertiary/aromatic N) is 1. The fourth-order valence-electron chi connectivity index (χ4n) is 2.47. The lowest BCUT2D eigenvalue weighted by Gasteiger charge is -2.22. The Labute approximate surface area is 159 Å². The molecule has 0 aliphatic rings. The van der Waals surface area contributed by atoms with Gasteiger partial charge in [-0.25, -0.2) is 0 Å². The molecule has 0 aliphatic heterocycles. The van der Waals surface area contributed by atoms with E-state index in [0.717, 1.165) is 19.3 Å². The van der Waals surface area contributed by atoms with Gasteiger partial charge in [0.05, 0.1) is 12.7 Å². The summed E-state index contributed by atoms with van der Waals surface area (Å²) in [5, 5.41) is 8.72. The van der Waals surface area contributed by atoms with Crippen LogP contribution in [0.1, 0.15) is 92.9 Å². The van der Waals surface area contributed by atoms with Gasteiger partial charge in [0, 0.05) is 6.42 Å². The summed E-state index contributed by atoms with van der Waals surface area (Å²) in [5.74, 6) is -2.21. The van der Waals surface area contributed by atoms with Gasteiger partial charge in [-0.15, -0.1) is 0 Å². The highest BCUT2D eigenvalue weighted by Gasteiger charge is 2.32. The molecule has 0 aromatic carbocycles. The van der Waals surface area contributed by atoms with E-state index in [-0.39, 0.29) is 12.8 Å². The molecule has 0 radical (unpaired) electrons. The lowest BCUT2D eigenvalue weighted by Crippen LogP contribution is -2.34. The number of carbonyl (C=O) groups is 2. The van der Waals surface area contributed by atoms with E-state index in [1.807, 2.05) is 6.07 Å². The number of rotatable bonds is 11. The van der Waals surface area contributed by atoms with Gasteiger partial charge in [0.1, 0.15) is 5.60 Å². The summed E-state index contributed by atoms with van der Waals surface area (Å²) in [6, 6.07) is 1.96. The molecule has 1 atom stereocenters. The molecule has 1 unspecified atom stereocenters. The minimum Gasteiger partial charge on any atom is -0.465 e. The molecule has 5 heteroatoms. The average Bonchev–Trinajstić information content (AvgIpc) is 2.47. The van der Waals surface area contributed by atoms with Crippen LogP contribution in [0, 0.1) is 22.7 Å². The van der Waals surface area contributed by atoms with E-state index in [0.29, 0.717) is 12.0 Å². The van der Waals surface area contributed by atoms with Crippen molar-refractivity contribution >= 4 is 11.9 Å². The lowest BCUT2D eigenvalue weighted by atomic mass is 9.89. The van der Waals surface area contributed by atoms with Crippen molar-refractivity contribution in [2.45, 2.75) is 98.5 Å². The predicted octanol–water partition coefficient (Wildman–Crippen LogP) is 5.18. The number of hydrogen-bond acceptors (Lipinski definition) is 5. The molecule has 0 bridgehead atoms. The van der Waals surface area contributed by atoms with Gasteiger partial charge in [-0.05, 0) is 45.4 Å². The molecule has 0 saturated heterocycles. The summed E-state index contributed by atoms with van der Waals surface area (Å²) in [6.07, 6.45) is 6.80. The van der Waals surface area contributed by atoms with Crippen molar-refractivity contribution < 1.29 is 19.1 Å². The number of carbonyl (C=O) groups excluding carboxylic acids is 2. The first kappa shape index (κ1) is 24.4. The molecule has 0 rings (SSSR count). The van der Waals surface area contributed by atoms with Crippen molar-refractivity contribution in [3.05, 3.63) is 0 Å². The van der Waals surface area contributed by atoms with E-state index in [2.05, 4.69) is 20.8 Å².